The van der Waals surface area contributed by atoms with Gasteiger partial charge in [0.15, 0.2) is 0 Å². The Labute approximate surface area is 370 Å². The van der Waals surface area contributed by atoms with Crippen molar-refractivity contribution >= 4 is 78.5 Å². The van der Waals surface area contributed by atoms with Crippen molar-refractivity contribution in [3.63, 3.8) is 0 Å². The van der Waals surface area contributed by atoms with Crippen molar-refractivity contribution < 1.29 is 64.7 Å². The molecule has 0 bridgehead atoms. The number of fused-ring (bicyclic) bond motifs is 2. The molecular weight excluding hydrogens is 935 g/mol. The van der Waals surface area contributed by atoms with E-state index in [-0.39, 0.29) is 77.6 Å². The third kappa shape index (κ3) is 9.36. The lowest BCUT2D eigenvalue weighted by atomic mass is 9.93. The van der Waals surface area contributed by atoms with Gasteiger partial charge in [0, 0.05) is 45.4 Å². The molecular formula is C41H43N3O15S5. The van der Waals surface area contributed by atoms with E-state index in [2.05, 4.69) is 15.0 Å². The van der Waals surface area contributed by atoms with Gasteiger partial charge in [-0.25, -0.2) is 18.1 Å². The summed E-state index contributed by atoms with van der Waals surface area (Å²) < 4.78 is 181. The van der Waals surface area contributed by atoms with Gasteiger partial charge in [0.05, 0.1) is 21.6 Å². The zero-order valence-electron chi connectivity index (χ0n) is 35.5. The summed E-state index contributed by atoms with van der Waals surface area (Å²) in [5.41, 5.74) is -1.32. The Hall–Kier alpha value is -5.08. The first kappa shape index (κ1) is 48.4. The Bertz CT molecular complexity index is 3610. The monoisotopic (exact) mass is 977 g/mol. The summed E-state index contributed by atoms with van der Waals surface area (Å²) in [6, 6.07) is 12.3. The molecule has 6 rings (SSSR count). The van der Waals surface area contributed by atoms with Crippen LogP contribution in [0.3, 0.4) is 0 Å². The summed E-state index contributed by atoms with van der Waals surface area (Å²) in [4.78, 5) is 1.39. The summed E-state index contributed by atoms with van der Waals surface area (Å²) in [6.07, 6.45) is 0. The van der Waals surface area contributed by atoms with Crippen molar-refractivity contribution in [2.75, 3.05) is 5.32 Å². The summed E-state index contributed by atoms with van der Waals surface area (Å²) in [5, 5.41) is 2.12. The molecule has 23 heteroatoms. The van der Waals surface area contributed by atoms with Crippen LogP contribution in [0.5, 0.6) is 0 Å². The molecule has 4 aromatic carbocycles. The standard InChI is InChI=1S/C41H43N3O15S5/c1-20-14-22(3)39(63(53,54)55)24(5)37(20)42-29-18-31-27(16-34(29)61(47,48)49)36(26-12-10-11-13-33(26)60(45,46)44-41(7,8)9)28-17-35(62(50,51)52)30(19-32(28)59-31)43-38-21(2)15-23(4)40(25(38)6)64(56,57)58/h10-19,42,44H,1-9H3,(H,47,48,49)(H,50,51,52)(H,53,54,55)(H,56,57,58)/b43-30+. The van der Waals surface area contributed by atoms with Gasteiger partial charge >= 0.3 is 0 Å². The van der Waals surface area contributed by atoms with E-state index in [0.29, 0.717) is 11.1 Å². The molecule has 0 aromatic heterocycles. The summed E-state index contributed by atoms with van der Waals surface area (Å²) in [6.45, 7) is 13.4. The number of benzene rings is 5. The highest BCUT2D eigenvalue weighted by Gasteiger charge is 2.32. The van der Waals surface area contributed by atoms with Gasteiger partial charge in [-0.3, -0.25) is 18.2 Å². The average Bonchev–Trinajstić information content (AvgIpc) is 3.10. The van der Waals surface area contributed by atoms with Crippen LogP contribution in [-0.2, 0) is 50.5 Å². The quantitative estimate of drug-likeness (QED) is 0.0589. The van der Waals surface area contributed by atoms with Gasteiger partial charge in [0.25, 0.3) is 40.5 Å². The first-order chi connectivity index (χ1) is 29.1. The van der Waals surface area contributed by atoms with E-state index in [1.807, 2.05) is 0 Å². The zero-order chi connectivity index (χ0) is 48.0. The van der Waals surface area contributed by atoms with E-state index in [9.17, 15) is 60.3 Å². The second-order valence-corrected chi connectivity index (χ2v) is 23.4. The second-order valence-electron chi connectivity index (χ2n) is 16.3. The van der Waals surface area contributed by atoms with Crippen LogP contribution in [0, 0.1) is 41.5 Å². The number of rotatable bonds is 10. The van der Waals surface area contributed by atoms with Crippen molar-refractivity contribution in [2.24, 2.45) is 4.99 Å². The summed E-state index contributed by atoms with van der Waals surface area (Å²) in [5.74, 6) is -0.246. The zero-order valence-corrected chi connectivity index (χ0v) is 39.6. The van der Waals surface area contributed by atoms with Gasteiger partial charge < -0.3 is 9.73 Å². The van der Waals surface area contributed by atoms with E-state index < -0.39 is 81.0 Å². The van der Waals surface area contributed by atoms with Gasteiger partial charge in [-0.15, -0.1) is 0 Å². The van der Waals surface area contributed by atoms with Crippen LogP contribution in [0.15, 0.2) is 94.6 Å². The maximum atomic E-state index is 14.1. The predicted molar refractivity (Wildman–Crippen MR) is 237 cm³/mol. The number of anilines is 2. The highest BCUT2D eigenvalue weighted by atomic mass is 32.2. The molecule has 0 fully saturated rings. The minimum Gasteiger partial charge on any atom is -0.456 e. The molecule has 2 aliphatic rings. The lowest BCUT2D eigenvalue weighted by Gasteiger charge is -2.24. The number of aryl methyl sites for hydroxylation is 4. The fourth-order valence-corrected chi connectivity index (χ4v) is 12.8. The van der Waals surface area contributed by atoms with Crippen molar-refractivity contribution in [2.45, 2.75) is 92.3 Å². The molecule has 0 saturated heterocycles. The van der Waals surface area contributed by atoms with Crippen LogP contribution < -0.4 is 15.4 Å². The maximum absolute atomic E-state index is 14.1. The molecule has 18 nitrogen and oxygen atoms in total. The molecule has 1 aliphatic carbocycles. The van der Waals surface area contributed by atoms with Crippen molar-refractivity contribution in [1.29, 1.82) is 0 Å². The minimum absolute atomic E-state index is 0.0140. The van der Waals surface area contributed by atoms with Crippen LogP contribution in [0.1, 0.15) is 54.2 Å². The molecule has 4 aromatic rings. The summed E-state index contributed by atoms with van der Waals surface area (Å²) in [7, 11) is -24.6. The van der Waals surface area contributed by atoms with Crippen molar-refractivity contribution in [3.05, 3.63) is 99.4 Å². The van der Waals surface area contributed by atoms with Gasteiger partial charge in [0.2, 0.25) is 10.0 Å². The lowest BCUT2D eigenvalue weighted by Crippen LogP contribution is -2.40. The largest absolute Gasteiger partial charge is 0.456 e. The molecule has 0 unspecified atom stereocenters. The maximum Gasteiger partial charge on any atom is 0.296 e. The number of nitrogens with zero attached hydrogens (tertiary/aromatic N) is 1. The second kappa shape index (κ2) is 16.1. The van der Waals surface area contributed by atoms with Gasteiger partial charge in [-0.2, -0.15) is 33.7 Å². The molecule has 0 amide bonds. The number of sulfonamides is 1. The Balaban J connectivity index is 1.85. The molecule has 0 saturated carbocycles. The first-order valence-electron chi connectivity index (χ1n) is 18.8. The minimum atomic E-state index is -5.27. The van der Waals surface area contributed by atoms with E-state index in [0.717, 1.165) is 24.3 Å². The molecule has 64 heavy (non-hydrogen) atoms. The van der Waals surface area contributed by atoms with E-state index >= 15 is 0 Å². The Morgan fingerprint density at radius 1 is 0.578 bits per heavy atom. The van der Waals surface area contributed by atoms with Crippen LogP contribution >= 0.6 is 0 Å². The Morgan fingerprint density at radius 3 is 1.67 bits per heavy atom. The van der Waals surface area contributed by atoms with E-state index in [1.54, 1.807) is 27.7 Å². The smallest absolute Gasteiger partial charge is 0.296 e. The van der Waals surface area contributed by atoms with Crippen molar-refractivity contribution in [3.8, 4) is 22.5 Å². The third-order valence-corrected chi connectivity index (χ3v) is 16.0. The van der Waals surface area contributed by atoms with Gasteiger partial charge in [-0.1, -0.05) is 30.3 Å². The van der Waals surface area contributed by atoms with Crippen LogP contribution in [0.2, 0.25) is 0 Å². The number of nitrogens with one attached hydrogen (secondary N) is 2. The SMILES string of the molecule is Cc1cc(C)c(S(=O)(=O)O)c(C)c1/N=c1\cc2oc3cc(Nc4c(C)cc(C)c(S(=O)(=O)O)c4C)c(S(=O)(=O)O)cc3c(-c3ccccc3S(=O)(=O)NC(C)(C)C)c-2cc1S(=O)(=O)O. The molecule has 0 radical (unpaired) electrons. The Kier molecular flexibility index (Phi) is 12.2. The van der Waals surface area contributed by atoms with Gasteiger partial charge in [-0.05, 0) is 114 Å². The molecule has 6 N–H and O–H groups in total. The molecule has 342 valence electrons. The molecule has 1 heterocycles. The van der Waals surface area contributed by atoms with Gasteiger partial charge in [0.1, 0.15) is 30.9 Å². The van der Waals surface area contributed by atoms with E-state index in [1.165, 1.54) is 71.0 Å². The van der Waals surface area contributed by atoms with Crippen molar-refractivity contribution in [1.82, 2.24) is 4.72 Å². The van der Waals surface area contributed by atoms with Crippen LogP contribution in [0.4, 0.5) is 17.1 Å². The number of hydrogen-bond acceptors (Lipinski definition) is 13. The molecule has 1 aliphatic heterocycles. The predicted octanol–water partition coefficient (Wildman–Crippen LogP) is 7.09. The van der Waals surface area contributed by atoms with Crippen LogP contribution in [-0.4, -0.2) is 65.8 Å². The van der Waals surface area contributed by atoms with Crippen LogP contribution in [0.25, 0.3) is 33.4 Å². The Morgan fingerprint density at radius 2 is 1.12 bits per heavy atom. The average molecular weight is 978 g/mol. The summed E-state index contributed by atoms with van der Waals surface area (Å²) >= 11 is 0. The fraction of sp³-hybridized carbons (Fsp3) is 0.244. The molecule has 0 atom stereocenters. The topological polar surface area (TPSA) is 301 Å². The normalized spacial score (nSPS) is 13.5. The highest BCUT2D eigenvalue weighted by molar-refractivity contribution is 7.89. The highest BCUT2D eigenvalue weighted by Crippen LogP contribution is 2.46. The number of hydrogen-bond donors (Lipinski definition) is 6. The fourth-order valence-electron chi connectivity index (χ4n) is 7.93. The molecule has 0 spiro atoms. The first-order valence-corrected chi connectivity index (χ1v) is 26.0. The third-order valence-electron chi connectivity index (χ3n) is 10.1. The van der Waals surface area contributed by atoms with E-state index in [4.69, 9.17) is 4.42 Å². The lowest BCUT2D eigenvalue weighted by molar-refractivity contribution is 0.479.